The molecule has 1 aliphatic rings. The number of nitrogens with one attached hydrogen (secondary N) is 1. The molecule has 2 rings (SSSR count). The van der Waals surface area contributed by atoms with Crippen molar-refractivity contribution in [2.24, 2.45) is 0 Å². The predicted molar refractivity (Wildman–Crippen MR) is 79.8 cm³/mol. The molecule has 2 amide bonds. The molecule has 0 bridgehead atoms. The topological polar surface area (TPSA) is 52.7 Å². The number of benzene rings is 1. The van der Waals surface area contributed by atoms with Gasteiger partial charge >= 0.3 is 0 Å². The van der Waals surface area contributed by atoms with Crippen molar-refractivity contribution in [3.05, 3.63) is 24.3 Å². The van der Waals surface area contributed by atoms with Crippen LogP contribution in [0.5, 0.6) is 0 Å². The molecular weight excluding hydrogens is 254 g/mol. The Morgan fingerprint density at radius 2 is 1.90 bits per heavy atom. The highest BCUT2D eigenvalue weighted by atomic mass is 16.2. The first kappa shape index (κ1) is 14.4. The molecule has 1 heterocycles. The molecule has 108 valence electrons. The van der Waals surface area contributed by atoms with Gasteiger partial charge in [0.1, 0.15) is 0 Å². The number of piperazine rings is 1. The number of carbonyl (C=O) groups excluding carboxylic acids is 2. The van der Waals surface area contributed by atoms with E-state index in [1.807, 2.05) is 36.1 Å². The van der Waals surface area contributed by atoms with Gasteiger partial charge in [-0.15, -0.1) is 0 Å². The lowest BCUT2D eigenvalue weighted by Crippen LogP contribution is -2.48. The molecule has 0 radical (unpaired) electrons. The van der Waals surface area contributed by atoms with Crippen molar-refractivity contribution >= 4 is 23.2 Å². The lowest BCUT2D eigenvalue weighted by molar-refractivity contribution is -0.131. The van der Waals surface area contributed by atoms with Gasteiger partial charge in [-0.1, -0.05) is 13.0 Å². The van der Waals surface area contributed by atoms with E-state index in [2.05, 4.69) is 10.2 Å². The van der Waals surface area contributed by atoms with Crippen LogP contribution in [0.1, 0.15) is 20.3 Å². The lowest BCUT2D eigenvalue weighted by Gasteiger charge is -2.36. The summed E-state index contributed by atoms with van der Waals surface area (Å²) in [6.07, 6.45) is 0.567. The number of rotatable bonds is 3. The van der Waals surface area contributed by atoms with Crippen LogP contribution in [0.2, 0.25) is 0 Å². The van der Waals surface area contributed by atoms with Crippen LogP contribution in [0, 0.1) is 0 Å². The van der Waals surface area contributed by atoms with Gasteiger partial charge in [-0.3, -0.25) is 9.59 Å². The van der Waals surface area contributed by atoms with Gasteiger partial charge in [0, 0.05) is 50.9 Å². The maximum absolute atomic E-state index is 11.6. The summed E-state index contributed by atoms with van der Waals surface area (Å²) >= 11 is 0. The molecule has 1 N–H and O–H groups in total. The van der Waals surface area contributed by atoms with E-state index in [1.54, 1.807) is 0 Å². The summed E-state index contributed by atoms with van der Waals surface area (Å²) in [7, 11) is 0. The fourth-order valence-electron chi connectivity index (χ4n) is 2.42. The third-order valence-corrected chi connectivity index (χ3v) is 3.47. The molecule has 20 heavy (non-hydrogen) atoms. The zero-order chi connectivity index (χ0) is 14.5. The molecule has 5 nitrogen and oxygen atoms in total. The Balaban J connectivity index is 2.00. The Labute approximate surface area is 119 Å². The van der Waals surface area contributed by atoms with Crippen LogP contribution < -0.4 is 10.2 Å². The summed E-state index contributed by atoms with van der Waals surface area (Å²) in [6.45, 7) is 6.58. The van der Waals surface area contributed by atoms with Crippen molar-refractivity contribution in [1.82, 2.24) is 4.90 Å². The molecule has 0 atom stereocenters. The van der Waals surface area contributed by atoms with E-state index < -0.39 is 0 Å². The van der Waals surface area contributed by atoms with E-state index in [4.69, 9.17) is 0 Å². The number of carbonyl (C=O) groups is 2. The Hall–Kier alpha value is -2.04. The molecule has 1 aliphatic heterocycles. The number of anilines is 2. The summed E-state index contributed by atoms with van der Waals surface area (Å²) in [5.74, 6) is 0.150. The number of nitrogens with zero attached hydrogens (tertiary/aromatic N) is 2. The van der Waals surface area contributed by atoms with E-state index in [0.717, 1.165) is 37.6 Å². The Bertz CT molecular complexity index is 494. The third-order valence-electron chi connectivity index (χ3n) is 3.47. The minimum absolute atomic E-state index is 0.0690. The third kappa shape index (κ3) is 3.50. The molecule has 1 saturated heterocycles. The molecule has 0 spiro atoms. The van der Waals surface area contributed by atoms with E-state index in [0.29, 0.717) is 6.42 Å². The van der Waals surface area contributed by atoms with Gasteiger partial charge in [0.25, 0.3) is 0 Å². The zero-order valence-corrected chi connectivity index (χ0v) is 12.1. The summed E-state index contributed by atoms with van der Waals surface area (Å²) in [5, 5.41) is 2.79. The fraction of sp³-hybridized carbons (Fsp3) is 0.467. The first-order valence-electron chi connectivity index (χ1n) is 7.00. The van der Waals surface area contributed by atoms with Crippen LogP contribution in [-0.2, 0) is 9.59 Å². The highest BCUT2D eigenvalue weighted by Gasteiger charge is 2.20. The SMILES string of the molecule is CCC(=O)N1CCN(c2cccc(NC(C)=O)c2)CC1. The predicted octanol–water partition coefficient (Wildman–Crippen LogP) is 1.70. The van der Waals surface area contributed by atoms with Crippen LogP contribution in [0.4, 0.5) is 11.4 Å². The molecule has 1 fully saturated rings. The first-order valence-corrected chi connectivity index (χ1v) is 7.00. The largest absolute Gasteiger partial charge is 0.368 e. The maximum Gasteiger partial charge on any atom is 0.222 e. The van der Waals surface area contributed by atoms with Gasteiger partial charge in [-0.05, 0) is 18.2 Å². The van der Waals surface area contributed by atoms with Crippen LogP contribution in [0.25, 0.3) is 0 Å². The smallest absolute Gasteiger partial charge is 0.222 e. The van der Waals surface area contributed by atoms with Crippen molar-refractivity contribution in [2.45, 2.75) is 20.3 Å². The van der Waals surface area contributed by atoms with Crippen LogP contribution in [-0.4, -0.2) is 42.9 Å². The van der Waals surface area contributed by atoms with Crippen molar-refractivity contribution in [3.8, 4) is 0 Å². The highest BCUT2D eigenvalue weighted by molar-refractivity contribution is 5.89. The molecule has 1 aromatic carbocycles. The second kappa shape index (κ2) is 6.41. The first-order chi connectivity index (χ1) is 9.60. The summed E-state index contributed by atoms with van der Waals surface area (Å²) in [4.78, 5) is 26.9. The lowest BCUT2D eigenvalue weighted by atomic mass is 10.2. The second-order valence-electron chi connectivity index (χ2n) is 4.95. The highest BCUT2D eigenvalue weighted by Crippen LogP contribution is 2.21. The van der Waals surface area contributed by atoms with Crippen LogP contribution in [0.15, 0.2) is 24.3 Å². The van der Waals surface area contributed by atoms with Gasteiger partial charge in [0.2, 0.25) is 11.8 Å². The minimum atomic E-state index is -0.0690. The number of hydrogen-bond donors (Lipinski definition) is 1. The van der Waals surface area contributed by atoms with E-state index >= 15 is 0 Å². The van der Waals surface area contributed by atoms with Gasteiger partial charge in [0.15, 0.2) is 0 Å². The molecule has 5 heteroatoms. The maximum atomic E-state index is 11.6. The molecule has 0 aliphatic carbocycles. The van der Waals surface area contributed by atoms with Crippen molar-refractivity contribution < 1.29 is 9.59 Å². The Morgan fingerprint density at radius 3 is 2.50 bits per heavy atom. The zero-order valence-electron chi connectivity index (χ0n) is 12.1. The molecular formula is C15H21N3O2. The van der Waals surface area contributed by atoms with E-state index in [-0.39, 0.29) is 11.8 Å². The average molecular weight is 275 g/mol. The van der Waals surface area contributed by atoms with Gasteiger partial charge in [-0.2, -0.15) is 0 Å². The standard InChI is InChI=1S/C15H21N3O2/c1-3-15(20)18-9-7-17(8-10-18)14-6-4-5-13(11-14)16-12(2)19/h4-6,11H,3,7-10H2,1-2H3,(H,16,19). The molecule has 0 aromatic heterocycles. The van der Waals surface area contributed by atoms with Crippen molar-refractivity contribution in [1.29, 1.82) is 0 Å². The quantitative estimate of drug-likeness (QED) is 0.913. The van der Waals surface area contributed by atoms with Gasteiger partial charge in [-0.25, -0.2) is 0 Å². The van der Waals surface area contributed by atoms with Gasteiger partial charge in [0.05, 0.1) is 0 Å². The van der Waals surface area contributed by atoms with Crippen LogP contribution >= 0.6 is 0 Å². The molecule has 0 saturated carbocycles. The number of hydrogen-bond acceptors (Lipinski definition) is 3. The Kier molecular flexibility index (Phi) is 4.61. The van der Waals surface area contributed by atoms with Crippen molar-refractivity contribution in [2.75, 3.05) is 36.4 Å². The van der Waals surface area contributed by atoms with E-state index in [9.17, 15) is 9.59 Å². The van der Waals surface area contributed by atoms with Crippen LogP contribution in [0.3, 0.4) is 0 Å². The molecule has 0 unspecified atom stereocenters. The van der Waals surface area contributed by atoms with Crippen molar-refractivity contribution in [3.63, 3.8) is 0 Å². The second-order valence-corrected chi connectivity index (χ2v) is 4.95. The summed E-state index contributed by atoms with van der Waals surface area (Å²) in [6, 6.07) is 7.81. The van der Waals surface area contributed by atoms with Gasteiger partial charge < -0.3 is 15.1 Å². The molecule has 1 aromatic rings. The normalized spacial score (nSPS) is 15.1. The Morgan fingerprint density at radius 1 is 1.20 bits per heavy atom. The average Bonchev–Trinajstić information content (AvgIpc) is 2.46. The number of amides is 2. The summed E-state index contributed by atoms with van der Waals surface area (Å²) in [5.41, 5.74) is 1.89. The fourth-order valence-corrected chi connectivity index (χ4v) is 2.42. The minimum Gasteiger partial charge on any atom is -0.368 e. The summed E-state index contributed by atoms with van der Waals surface area (Å²) < 4.78 is 0. The van der Waals surface area contributed by atoms with E-state index in [1.165, 1.54) is 6.92 Å². The monoisotopic (exact) mass is 275 g/mol.